The third-order valence-electron chi connectivity index (χ3n) is 5.75. The highest BCUT2D eigenvalue weighted by molar-refractivity contribution is 6.12. The summed E-state index contributed by atoms with van der Waals surface area (Å²) in [7, 11) is 0. The van der Waals surface area contributed by atoms with Gasteiger partial charge in [-0.3, -0.25) is 0 Å². The molecule has 3 aromatic rings. The average molecular weight is 367 g/mol. The van der Waals surface area contributed by atoms with Crippen LogP contribution in [0.3, 0.4) is 0 Å². The van der Waals surface area contributed by atoms with E-state index in [0.717, 1.165) is 23.4 Å². The van der Waals surface area contributed by atoms with E-state index in [0.29, 0.717) is 5.71 Å². The van der Waals surface area contributed by atoms with Crippen molar-refractivity contribution in [1.29, 1.82) is 5.41 Å². The van der Waals surface area contributed by atoms with E-state index in [4.69, 9.17) is 0 Å². The van der Waals surface area contributed by atoms with E-state index in [-0.39, 0.29) is 12.0 Å². The molecule has 0 aliphatic carbocycles. The minimum Gasteiger partial charge on any atom is -0.363 e. The van der Waals surface area contributed by atoms with Crippen molar-refractivity contribution in [3.63, 3.8) is 0 Å². The van der Waals surface area contributed by atoms with Gasteiger partial charge in [-0.15, -0.1) is 0 Å². The summed E-state index contributed by atoms with van der Waals surface area (Å²) in [5, 5.41) is 9.22. The van der Waals surface area contributed by atoms with Crippen molar-refractivity contribution in [3.8, 4) is 0 Å². The summed E-state index contributed by atoms with van der Waals surface area (Å²) in [5.74, 6) is -0.0301. The first-order valence-electron chi connectivity index (χ1n) is 9.88. The van der Waals surface area contributed by atoms with Crippen molar-refractivity contribution in [2.75, 3.05) is 11.4 Å². The maximum Gasteiger partial charge on any atom is 0.0666 e. The van der Waals surface area contributed by atoms with Crippen molar-refractivity contribution >= 4 is 17.5 Å². The summed E-state index contributed by atoms with van der Waals surface area (Å²) >= 11 is 0. The Balaban J connectivity index is 1.98. The Kier molecular flexibility index (Phi) is 4.87. The Bertz CT molecular complexity index is 1000. The van der Waals surface area contributed by atoms with Crippen molar-refractivity contribution in [2.24, 2.45) is 0 Å². The van der Waals surface area contributed by atoms with E-state index in [9.17, 15) is 5.41 Å². The van der Waals surface area contributed by atoms with Gasteiger partial charge in [-0.05, 0) is 36.6 Å². The molecule has 1 heterocycles. The summed E-state index contributed by atoms with van der Waals surface area (Å²) in [6, 6.07) is 25.6. The van der Waals surface area contributed by atoms with Gasteiger partial charge < -0.3 is 10.3 Å². The molecule has 0 saturated heterocycles. The second-order valence-corrected chi connectivity index (χ2v) is 7.39. The Hall–Kier alpha value is -3.13. The molecular formula is C26H26N2. The summed E-state index contributed by atoms with van der Waals surface area (Å²) in [5.41, 5.74) is 7.53. The SMILES string of the molecule is C=Cc1cccc2c1C(=N)C(c1ccccc1)C(c1ccc(C)cc1)N2CC. The molecule has 140 valence electrons. The van der Waals surface area contributed by atoms with Crippen LogP contribution in [0.25, 0.3) is 6.08 Å². The maximum atomic E-state index is 9.22. The van der Waals surface area contributed by atoms with Crippen LogP contribution < -0.4 is 4.90 Å². The van der Waals surface area contributed by atoms with E-state index in [2.05, 4.69) is 92.1 Å². The molecule has 2 atom stereocenters. The summed E-state index contributed by atoms with van der Waals surface area (Å²) < 4.78 is 0. The van der Waals surface area contributed by atoms with Gasteiger partial charge >= 0.3 is 0 Å². The highest BCUT2D eigenvalue weighted by atomic mass is 15.2. The molecule has 0 fully saturated rings. The molecule has 0 amide bonds. The summed E-state index contributed by atoms with van der Waals surface area (Å²) in [6.07, 6.45) is 1.87. The fourth-order valence-electron chi connectivity index (χ4n) is 4.42. The number of aryl methyl sites for hydroxylation is 1. The molecule has 2 heteroatoms. The number of likely N-dealkylation sites (N-methyl/N-ethyl adjacent to an activating group) is 1. The standard InChI is InChI=1S/C26H26N2/c1-4-19-12-9-13-22-23(19)25(27)24(20-10-7-6-8-11-20)26(28(22)5-2)21-16-14-18(3)15-17-21/h4,6-17,24,26-27H,1,5H2,2-3H3. The molecular weight excluding hydrogens is 340 g/mol. The zero-order chi connectivity index (χ0) is 19.7. The van der Waals surface area contributed by atoms with Gasteiger partial charge in [-0.1, -0.05) is 84.9 Å². The van der Waals surface area contributed by atoms with Crippen LogP contribution in [0.4, 0.5) is 5.69 Å². The monoisotopic (exact) mass is 366 g/mol. The average Bonchev–Trinajstić information content (AvgIpc) is 2.74. The Morgan fingerprint density at radius 1 is 0.929 bits per heavy atom. The molecule has 2 nitrogen and oxygen atoms in total. The van der Waals surface area contributed by atoms with Gasteiger partial charge in [0.1, 0.15) is 0 Å². The molecule has 0 spiro atoms. The lowest BCUT2D eigenvalue weighted by atomic mass is 9.75. The number of nitrogens with one attached hydrogen (secondary N) is 1. The molecule has 2 unspecified atom stereocenters. The first-order valence-corrected chi connectivity index (χ1v) is 9.88. The highest BCUT2D eigenvalue weighted by Crippen LogP contribution is 2.47. The Morgan fingerprint density at radius 2 is 1.64 bits per heavy atom. The molecule has 4 rings (SSSR count). The van der Waals surface area contributed by atoms with E-state index >= 15 is 0 Å². The second kappa shape index (κ2) is 7.47. The van der Waals surface area contributed by atoms with E-state index in [1.807, 2.05) is 12.1 Å². The van der Waals surface area contributed by atoms with E-state index in [1.165, 1.54) is 16.7 Å². The normalized spacial score (nSPS) is 18.6. The number of hydrogen-bond acceptors (Lipinski definition) is 2. The first-order chi connectivity index (χ1) is 13.7. The molecule has 1 aliphatic heterocycles. The lowest BCUT2D eigenvalue weighted by molar-refractivity contribution is 0.584. The number of hydrogen-bond donors (Lipinski definition) is 1. The lowest BCUT2D eigenvalue weighted by Gasteiger charge is -2.45. The van der Waals surface area contributed by atoms with E-state index < -0.39 is 0 Å². The van der Waals surface area contributed by atoms with Crippen LogP contribution in [-0.4, -0.2) is 12.3 Å². The van der Waals surface area contributed by atoms with Gasteiger partial charge in [0, 0.05) is 17.8 Å². The molecule has 1 aliphatic rings. The van der Waals surface area contributed by atoms with Gasteiger partial charge in [0.15, 0.2) is 0 Å². The molecule has 0 bridgehead atoms. The largest absolute Gasteiger partial charge is 0.363 e. The third-order valence-corrected chi connectivity index (χ3v) is 5.75. The smallest absolute Gasteiger partial charge is 0.0666 e. The van der Waals surface area contributed by atoms with Crippen molar-refractivity contribution in [2.45, 2.75) is 25.8 Å². The van der Waals surface area contributed by atoms with Crippen molar-refractivity contribution in [3.05, 3.63) is 107 Å². The zero-order valence-corrected chi connectivity index (χ0v) is 16.5. The second-order valence-electron chi connectivity index (χ2n) is 7.39. The van der Waals surface area contributed by atoms with Crippen molar-refractivity contribution < 1.29 is 0 Å². The maximum absolute atomic E-state index is 9.22. The summed E-state index contributed by atoms with van der Waals surface area (Å²) in [6.45, 7) is 9.18. The van der Waals surface area contributed by atoms with E-state index in [1.54, 1.807) is 0 Å². The number of benzene rings is 3. The van der Waals surface area contributed by atoms with Gasteiger partial charge in [0.2, 0.25) is 0 Å². The first kappa shape index (κ1) is 18.2. The topological polar surface area (TPSA) is 27.1 Å². The third kappa shape index (κ3) is 2.95. The Labute approximate surface area is 167 Å². The molecule has 0 aromatic heterocycles. The number of anilines is 1. The fourth-order valence-corrected chi connectivity index (χ4v) is 4.42. The predicted molar refractivity (Wildman–Crippen MR) is 119 cm³/mol. The van der Waals surface area contributed by atoms with Crippen LogP contribution in [0.2, 0.25) is 0 Å². The molecule has 28 heavy (non-hydrogen) atoms. The molecule has 0 saturated carbocycles. The molecule has 0 radical (unpaired) electrons. The van der Waals surface area contributed by atoms with Gasteiger partial charge in [0.25, 0.3) is 0 Å². The van der Waals surface area contributed by atoms with Crippen LogP contribution >= 0.6 is 0 Å². The van der Waals surface area contributed by atoms with Crippen LogP contribution in [0.15, 0.2) is 79.4 Å². The minimum absolute atomic E-state index is 0.0301. The minimum atomic E-state index is -0.0301. The molecule has 1 N–H and O–H groups in total. The van der Waals surface area contributed by atoms with Crippen LogP contribution in [0.5, 0.6) is 0 Å². The van der Waals surface area contributed by atoms with Gasteiger partial charge in [-0.2, -0.15) is 0 Å². The highest BCUT2D eigenvalue weighted by Gasteiger charge is 2.40. The quantitative estimate of drug-likeness (QED) is 0.570. The van der Waals surface area contributed by atoms with Crippen molar-refractivity contribution in [1.82, 2.24) is 0 Å². The number of fused-ring (bicyclic) bond motifs is 1. The number of nitrogens with zero attached hydrogens (tertiary/aromatic N) is 1. The van der Waals surface area contributed by atoms with Crippen LogP contribution in [-0.2, 0) is 0 Å². The lowest BCUT2D eigenvalue weighted by Crippen LogP contribution is -2.41. The zero-order valence-electron chi connectivity index (χ0n) is 16.5. The molecule has 3 aromatic carbocycles. The van der Waals surface area contributed by atoms with Crippen LogP contribution in [0.1, 0.15) is 46.7 Å². The summed E-state index contributed by atoms with van der Waals surface area (Å²) in [4.78, 5) is 2.45. The van der Waals surface area contributed by atoms with Gasteiger partial charge in [-0.25, -0.2) is 0 Å². The number of rotatable bonds is 4. The Morgan fingerprint density at radius 3 is 2.29 bits per heavy atom. The fraction of sp³-hybridized carbons (Fsp3) is 0.192. The van der Waals surface area contributed by atoms with Gasteiger partial charge in [0.05, 0.1) is 17.7 Å². The van der Waals surface area contributed by atoms with Crippen LogP contribution in [0, 0.1) is 12.3 Å². The predicted octanol–water partition coefficient (Wildman–Crippen LogP) is 6.37.